The van der Waals surface area contributed by atoms with Gasteiger partial charge in [0.15, 0.2) is 0 Å². The first-order chi connectivity index (χ1) is 19.8. The SMILES string of the molecule is C=C(CCCCOc1ccc(C(=O)Oc2ccc(-c3ccc(OCCCCCC)cc3)cc2[N+](=O)[O-])cc1)C(=O)O. The van der Waals surface area contributed by atoms with Crippen LogP contribution in [0.5, 0.6) is 17.2 Å². The van der Waals surface area contributed by atoms with Gasteiger partial charge in [-0.25, -0.2) is 9.59 Å². The number of benzene rings is 3. The van der Waals surface area contributed by atoms with Gasteiger partial charge in [-0.05, 0) is 79.3 Å². The molecule has 41 heavy (non-hydrogen) atoms. The molecule has 216 valence electrons. The summed E-state index contributed by atoms with van der Waals surface area (Å²) in [4.78, 5) is 34.7. The maximum atomic E-state index is 12.7. The van der Waals surface area contributed by atoms with Crippen molar-refractivity contribution in [3.63, 3.8) is 0 Å². The van der Waals surface area contributed by atoms with Crippen molar-refractivity contribution in [3.8, 4) is 28.4 Å². The summed E-state index contributed by atoms with van der Waals surface area (Å²) in [7, 11) is 0. The van der Waals surface area contributed by atoms with Gasteiger partial charge in [-0.2, -0.15) is 0 Å². The predicted molar refractivity (Wildman–Crippen MR) is 156 cm³/mol. The van der Waals surface area contributed by atoms with E-state index in [0.717, 1.165) is 24.2 Å². The van der Waals surface area contributed by atoms with E-state index in [0.29, 0.717) is 43.8 Å². The molecule has 1 N–H and O–H groups in total. The Morgan fingerprint density at radius 3 is 2.00 bits per heavy atom. The second-order valence-electron chi connectivity index (χ2n) is 9.50. The average molecular weight is 562 g/mol. The number of esters is 1. The van der Waals surface area contributed by atoms with Gasteiger partial charge in [0.25, 0.3) is 0 Å². The lowest BCUT2D eigenvalue weighted by atomic mass is 10.0. The van der Waals surface area contributed by atoms with E-state index in [9.17, 15) is 19.7 Å². The van der Waals surface area contributed by atoms with Crippen molar-refractivity contribution in [2.45, 2.75) is 51.9 Å². The molecule has 9 nitrogen and oxygen atoms in total. The summed E-state index contributed by atoms with van der Waals surface area (Å²) in [5.41, 5.74) is 1.43. The molecule has 0 aromatic heterocycles. The number of aliphatic carboxylic acids is 1. The molecule has 0 aliphatic rings. The number of carboxylic acid groups (broad SMARTS) is 1. The summed E-state index contributed by atoms with van der Waals surface area (Å²) in [5.74, 6) is -0.622. The van der Waals surface area contributed by atoms with Crippen LogP contribution in [-0.2, 0) is 4.79 Å². The van der Waals surface area contributed by atoms with Gasteiger partial charge >= 0.3 is 17.6 Å². The van der Waals surface area contributed by atoms with Gasteiger partial charge in [-0.3, -0.25) is 10.1 Å². The Bertz CT molecular complexity index is 1330. The average Bonchev–Trinajstić information content (AvgIpc) is 2.97. The first-order valence-corrected chi connectivity index (χ1v) is 13.7. The number of nitro benzene ring substituents is 1. The van der Waals surface area contributed by atoms with Crippen molar-refractivity contribution in [1.29, 1.82) is 0 Å². The van der Waals surface area contributed by atoms with E-state index in [1.165, 1.54) is 37.1 Å². The Morgan fingerprint density at radius 1 is 0.829 bits per heavy atom. The number of nitrogens with zero attached hydrogens (tertiary/aromatic N) is 1. The molecular weight excluding hydrogens is 526 g/mol. The number of carbonyl (C=O) groups excluding carboxylic acids is 1. The lowest BCUT2D eigenvalue weighted by Crippen LogP contribution is -2.10. The zero-order valence-corrected chi connectivity index (χ0v) is 23.2. The molecule has 9 heteroatoms. The van der Waals surface area contributed by atoms with Crippen molar-refractivity contribution in [1.82, 2.24) is 0 Å². The normalized spacial score (nSPS) is 10.6. The van der Waals surface area contributed by atoms with E-state index < -0.39 is 16.9 Å². The summed E-state index contributed by atoms with van der Waals surface area (Å²) < 4.78 is 16.8. The number of rotatable bonds is 17. The number of hydrogen-bond donors (Lipinski definition) is 1. The second-order valence-corrected chi connectivity index (χ2v) is 9.50. The quantitative estimate of drug-likeness (QED) is 0.0445. The molecule has 0 aliphatic carbocycles. The summed E-state index contributed by atoms with van der Waals surface area (Å²) in [6.45, 7) is 6.68. The number of hydrogen-bond acceptors (Lipinski definition) is 7. The smallest absolute Gasteiger partial charge is 0.343 e. The van der Waals surface area contributed by atoms with Crippen LogP contribution < -0.4 is 14.2 Å². The molecule has 0 aliphatic heterocycles. The largest absolute Gasteiger partial charge is 0.494 e. The third kappa shape index (κ3) is 9.79. The Labute approximate surface area is 239 Å². The number of nitro groups is 1. The lowest BCUT2D eigenvalue weighted by molar-refractivity contribution is -0.385. The van der Waals surface area contributed by atoms with Gasteiger partial charge in [0.2, 0.25) is 5.75 Å². The summed E-state index contributed by atoms with van der Waals surface area (Å²) in [6, 6.07) is 18.0. The highest BCUT2D eigenvalue weighted by Crippen LogP contribution is 2.33. The molecule has 0 unspecified atom stereocenters. The fraction of sp³-hybridized carbons (Fsp3) is 0.312. The molecule has 0 radical (unpaired) electrons. The number of carboxylic acids is 1. The summed E-state index contributed by atoms with van der Waals surface area (Å²) in [5, 5.41) is 20.6. The highest BCUT2D eigenvalue weighted by Gasteiger charge is 2.20. The van der Waals surface area contributed by atoms with Crippen molar-refractivity contribution >= 4 is 17.6 Å². The minimum absolute atomic E-state index is 0.154. The van der Waals surface area contributed by atoms with E-state index in [1.54, 1.807) is 18.2 Å². The van der Waals surface area contributed by atoms with E-state index in [4.69, 9.17) is 19.3 Å². The Kier molecular flexibility index (Phi) is 11.9. The topological polar surface area (TPSA) is 125 Å². The third-order valence-electron chi connectivity index (χ3n) is 6.35. The van der Waals surface area contributed by atoms with Crippen LogP contribution in [0.25, 0.3) is 11.1 Å². The molecule has 0 spiro atoms. The van der Waals surface area contributed by atoms with Gasteiger partial charge < -0.3 is 19.3 Å². The van der Waals surface area contributed by atoms with Gasteiger partial charge in [0, 0.05) is 11.6 Å². The standard InChI is InChI=1S/C32H35NO8/c1-3-4-5-7-20-39-27-15-10-24(11-16-27)26-14-19-30(29(22-26)33(37)38)41-32(36)25-12-17-28(18-13-25)40-21-8-6-9-23(2)31(34)35/h10-19,22H,2-9,20-21H2,1H3,(H,34,35). The maximum Gasteiger partial charge on any atom is 0.343 e. The number of ether oxygens (including phenoxy) is 3. The molecule has 0 saturated heterocycles. The molecule has 0 bridgehead atoms. The van der Waals surface area contributed by atoms with Crippen molar-refractivity contribution in [2.24, 2.45) is 0 Å². The van der Waals surface area contributed by atoms with Crippen LogP contribution in [0.2, 0.25) is 0 Å². The van der Waals surface area contributed by atoms with E-state index in [2.05, 4.69) is 13.5 Å². The van der Waals surface area contributed by atoms with Crippen molar-refractivity contribution in [2.75, 3.05) is 13.2 Å². The molecule has 3 rings (SSSR count). The van der Waals surface area contributed by atoms with Gasteiger partial charge in [-0.1, -0.05) is 51.0 Å². The van der Waals surface area contributed by atoms with Crippen LogP contribution >= 0.6 is 0 Å². The zero-order valence-electron chi connectivity index (χ0n) is 23.2. The Balaban J connectivity index is 1.57. The van der Waals surface area contributed by atoms with Crippen LogP contribution in [-0.4, -0.2) is 35.2 Å². The molecule has 0 saturated carbocycles. The molecule has 0 amide bonds. The molecular formula is C32H35NO8. The highest BCUT2D eigenvalue weighted by atomic mass is 16.6. The fourth-order valence-electron chi connectivity index (χ4n) is 3.97. The number of carbonyl (C=O) groups is 2. The highest BCUT2D eigenvalue weighted by molar-refractivity contribution is 5.92. The first kappa shape index (κ1) is 30.9. The van der Waals surface area contributed by atoms with Gasteiger partial charge in [0.1, 0.15) is 11.5 Å². The predicted octanol–water partition coefficient (Wildman–Crippen LogP) is 7.63. The molecule has 0 atom stereocenters. The number of unbranched alkanes of at least 4 members (excludes halogenated alkanes) is 4. The summed E-state index contributed by atoms with van der Waals surface area (Å²) >= 11 is 0. The molecule has 3 aromatic carbocycles. The molecule has 0 fully saturated rings. The minimum atomic E-state index is -1.00. The first-order valence-electron chi connectivity index (χ1n) is 13.7. The monoisotopic (exact) mass is 561 g/mol. The summed E-state index contributed by atoms with van der Waals surface area (Å²) in [6.07, 6.45) is 6.14. The fourth-order valence-corrected chi connectivity index (χ4v) is 3.97. The lowest BCUT2D eigenvalue weighted by Gasteiger charge is -2.10. The van der Waals surface area contributed by atoms with Crippen molar-refractivity contribution < 1.29 is 33.8 Å². The van der Waals surface area contributed by atoms with Crippen LogP contribution in [0.1, 0.15) is 62.2 Å². The molecule has 3 aromatic rings. The third-order valence-corrected chi connectivity index (χ3v) is 6.35. The van der Waals surface area contributed by atoms with E-state index in [1.807, 2.05) is 24.3 Å². The maximum absolute atomic E-state index is 12.7. The minimum Gasteiger partial charge on any atom is -0.494 e. The molecule has 0 heterocycles. The van der Waals surface area contributed by atoms with Crippen LogP contribution in [0.4, 0.5) is 5.69 Å². The van der Waals surface area contributed by atoms with E-state index in [-0.39, 0.29) is 22.6 Å². The second kappa shape index (κ2) is 15.8. The van der Waals surface area contributed by atoms with Crippen LogP contribution in [0, 0.1) is 10.1 Å². The van der Waals surface area contributed by atoms with Gasteiger partial charge in [0.05, 0.1) is 23.7 Å². The zero-order chi connectivity index (χ0) is 29.6. The van der Waals surface area contributed by atoms with Crippen LogP contribution in [0.15, 0.2) is 78.9 Å². The van der Waals surface area contributed by atoms with E-state index >= 15 is 0 Å². The van der Waals surface area contributed by atoms with Gasteiger partial charge in [-0.15, -0.1) is 0 Å². The van der Waals surface area contributed by atoms with Crippen LogP contribution in [0.3, 0.4) is 0 Å². The Hall–Kier alpha value is -4.66. The van der Waals surface area contributed by atoms with Crippen molar-refractivity contribution in [3.05, 3.63) is 94.6 Å². The Morgan fingerprint density at radius 2 is 1.41 bits per heavy atom.